The average molecular weight is 473 g/mol. The van der Waals surface area contributed by atoms with Gasteiger partial charge in [-0.15, -0.1) is 0 Å². The number of carbonyl (C=O) groups is 3. The van der Waals surface area contributed by atoms with Crippen molar-refractivity contribution in [3.63, 3.8) is 0 Å². The van der Waals surface area contributed by atoms with Crippen molar-refractivity contribution in [3.8, 4) is 11.5 Å². The van der Waals surface area contributed by atoms with Crippen LogP contribution in [0.25, 0.3) is 0 Å². The molecule has 0 radical (unpaired) electrons. The number of methoxy groups -OCH3 is 2. The molecule has 0 saturated carbocycles. The lowest BCUT2D eigenvalue weighted by atomic mass is 9.87. The monoisotopic (exact) mass is 473 g/mol. The van der Waals surface area contributed by atoms with Gasteiger partial charge in [-0.25, -0.2) is 9.96 Å². The van der Waals surface area contributed by atoms with Crippen molar-refractivity contribution in [2.24, 2.45) is 5.92 Å². The maximum absolute atomic E-state index is 13.7. The first-order chi connectivity index (χ1) is 17.0. The highest BCUT2D eigenvalue weighted by atomic mass is 16.7. The smallest absolute Gasteiger partial charge is 0.266 e. The van der Waals surface area contributed by atoms with Crippen molar-refractivity contribution in [3.05, 3.63) is 83.9 Å². The van der Waals surface area contributed by atoms with E-state index in [1.54, 1.807) is 60.7 Å². The molecule has 2 aliphatic heterocycles. The fraction of sp³-hybridized carbons (Fsp3) is 0.192. The molecule has 2 amide bonds. The Balaban J connectivity index is 1.70. The molecule has 3 aromatic rings. The van der Waals surface area contributed by atoms with E-state index >= 15 is 0 Å². The third kappa shape index (κ3) is 3.48. The number of carboxylic acid groups (broad SMARTS) is 1. The van der Waals surface area contributed by atoms with Crippen molar-refractivity contribution >= 4 is 29.2 Å². The third-order valence-electron chi connectivity index (χ3n) is 6.24. The first-order valence-electron chi connectivity index (χ1n) is 10.9. The topological polar surface area (TPSA) is 108 Å². The lowest BCUT2D eigenvalue weighted by molar-refractivity contribution is -0.255. The number of carboxylic acids is 1. The van der Waals surface area contributed by atoms with Crippen LogP contribution in [0.15, 0.2) is 72.8 Å². The van der Waals surface area contributed by atoms with Gasteiger partial charge >= 0.3 is 0 Å². The predicted octanol–water partition coefficient (Wildman–Crippen LogP) is 2.12. The molecule has 0 N–H and O–H groups in total. The highest BCUT2D eigenvalue weighted by Crippen LogP contribution is 2.50. The van der Waals surface area contributed by atoms with Gasteiger partial charge in [-0.3, -0.25) is 14.4 Å². The number of carbonyl (C=O) groups excluding carboxylic acids is 3. The Kier molecular flexibility index (Phi) is 5.62. The lowest BCUT2D eigenvalue weighted by Crippen LogP contribution is -2.38. The van der Waals surface area contributed by atoms with Crippen molar-refractivity contribution < 1.29 is 33.8 Å². The number of ether oxygens (including phenoxy) is 2. The van der Waals surface area contributed by atoms with Crippen LogP contribution in [0, 0.1) is 5.92 Å². The highest BCUT2D eigenvalue weighted by molar-refractivity contribution is 6.24. The third-order valence-corrected chi connectivity index (χ3v) is 6.24. The maximum atomic E-state index is 13.7. The number of aromatic carboxylic acids is 1. The number of para-hydroxylation sites is 2. The highest BCUT2D eigenvalue weighted by Gasteiger charge is 2.60. The zero-order valence-electron chi connectivity index (χ0n) is 18.9. The van der Waals surface area contributed by atoms with E-state index in [2.05, 4.69) is 0 Å². The molecule has 3 aromatic carbocycles. The van der Waals surface area contributed by atoms with Crippen LogP contribution >= 0.6 is 0 Å². The number of imide groups is 1. The van der Waals surface area contributed by atoms with E-state index in [9.17, 15) is 19.5 Å². The van der Waals surface area contributed by atoms with Crippen LogP contribution in [0.2, 0.25) is 0 Å². The Morgan fingerprint density at radius 2 is 1.49 bits per heavy atom. The first kappa shape index (κ1) is 22.4. The van der Waals surface area contributed by atoms with Gasteiger partial charge in [0.25, 0.3) is 5.91 Å². The second-order valence-electron chi connectivity index (χ2n) is 8.06. The van der Waals surface area contributed by atoms with Gasteiger partial charge < -0.3 is 19.4 Å². The van der Waals surface area contributed by atoms with E-state index < -0.39 is 35.8 Å². The van der Waals surface area contributed by atoms with E-state index in [0.29, 0.717) is 11.4 Å². The number of benzene rings is 3. The quantitative estimate of drug-likeness (QED) is 0.501. The van der Waals surface area contributed by atoms with Gasteiger partial charge in [-0.1, -0.05) is 42.5 Å². The molecule has 0 aromatic heterocycles. The Bertz CT molecular complexity index is 1300. The molecule has 0 spiro atoms. The van der Waals surface area contributed by atoms with Gasteiger partial charge in [0.2, 0.25) is 5.91 Å². The summed E-state index contributed by atoms with van der Waals surface area (Å²) in [5, 5.41) is 13.7. The Morgan fingerprint density at radius 1 is 0.857 bits per heavy atom. The number of hydrogen-bond donors (Lipinski definition) is 0. The molecule has 3 atom stereocenters. The molecule has 0 bridgehead atoms. The standard InChI is InChI=1S/C26H22N2O7/c1-33-18-14-13-17(19(26(31)32)22(18)34-2)21-20-23(35-28(21)16-11-7-4-8-12-16)25(30)27(24(20)29)15-9-5-3-6-10-15/h3-14,20-21,23H,1-2H3,(H,31,32)/p-1/t20-,21-,23+/m0/s1. The molecule has 2 saturated heterocycles. The summed E-state index contributed by atoms with van der Waals surface area (Å²) >= 11 is 0. The van der Waals surface area contributed by atoms with Crippen LogP contribution in [-0.2, 0) is 14.4 Å². The van der Waals surface area contributed by atoms with Crippen LogP contribution in [0.1, 0.15) is 22.0 Å². The van der Waals surface area contributed by atoms with E-state index in [-0.39, 0.29) is 22.6 Å². The molecule has 5 rings (SSSR count). The van der Waals surface area contributed by atoms with Crippen molar-refractivity contribution in [1.29, 1.82) is 0 Å². The van der Waals surface area contributed by atoms with Crippen molar-refractivity contribution in [2.75, 3.05) is 24.2 Å². The van der Waals surface area contributed by atoms with Gasteiger partial charge in [0.15, 0.2) is 17.6 Å². The molecule has 9 nitrogen and oxygen atoms in total. The average Bonchev–Trinajstić information content (AvgIpc) is 3.39. The van der Waals surface area contributed by atoms with Crippen LogP contribution in [-0.4, -0.2) is 38.1 Å². The zero-order valence-corrected chi connectivity index (χ0v) is 18.9. The van der Waals surface area contributed by atoms with Gasteiger partial charge in [0, 0.05) is 5.56 Å². The summed E-state index contributed by atoms with van der Waals surface area (Å²) in [5.41, 5.74) is 0.895. The molecule has 0 aliphatic carbocycles. The van der Waals surface area contributed by atoms with Crippen LogP contribution in [0.3, 0.4) is 0 Å². The Labute approximate surface area is 201 Å². The van der Waals surface area contributed by atoms with Gasteiger partial charge in [-0.2, -0.15) is 0 Å². The van der Waals surface area contributed by atoms with E-state index in [1.165, 1.54) is 25.3 Å². The number of fused-ring (bicyclic) bond motifs is 1. The lowest BCUT2D eigenvalue weighted by Gasteiger charge is -2.31. The molecule has 178 valence electrons. The summed E-state index contributed by atoms with van der Waals surface area (Å²) in [6, 6.07) is 19.5. The number of nitrogens with zero attached hydrogens (tertiary/aromatic N) is 2. The summed E-state index contributed by atoms with van der Waals surface area (Å²) in [6.45, 7) is 0. The summed E-state index contributed by atoms with van der Waals surface area (Å²) < 4.78 is 10.6. The summed E-state index contributed by atoms with van der Waals surface area (Å²) in [6.07, 6.45) is -1.14. The van der Waals surface area contributed by atoms with Gasteiger partial charge in [-0.05, 0) is 35.9 Å². The zero-order chi connectivity index (χ0) is 24.7. The molecule has 35 heavy (non-hydrogen) atoms. The SMILES string of the molecule is COc1ccc([C@H]2[C@@H]3C(=O)N(c4ccccc4)C(=O)[C@@H]3ON2c2ccccc2)c(C(=O)[O-])c1OC. The summed E-state index contributed by atoms with van der Waals surface area (Å²) in [4.78, 5) is 46.6. The second kappa shape index (κ2) is 8.77. The van der Waals surface area contributed by atoms with E-state index in [1.807, 2.05) is 6.07 Å². The Morgan fingerprint density at radius 3 is 2.06 bits per heavy atom. The molecular formula is C26H21N2O7-. The largest absolute Gasteiger partial charge is 0.545 e. The summed E-state index contributed by atoms with van der Waals surface area (Å²) in [7, 11) is 2.71. The number of rotatable bonds is 6. The molecular weight excluding hydrogens is 452 g/mol. The minimum Gasteiger partial charge on any atom is -0.545 e. The van der Waals surface area contributed by atoms with Crippen molar-refractivity contribution in [1.82, 2.24) is 0 Å². The molecule has 0 unspecified atom stereocenters. The number of amides is 2. The molecule has 2 fully saturated rings. The maximum Gasteiger partial charge on any atom is 0.266 e. The minimum absolute atomic E-state index is 0.0434. The van der Waals surface area contributed by atoms with E-state index in [0.717, 1.165) is 4.90 Å². The minimum atomic E-state index is -1.51. The first-order valence-corrected chi connectivity index (χ1v) is 10.9. The van der Waals surface area contributed by atoms with E-state index in [4.69, 9.17) is 14.3 Å². The number of hydroxylamine groups is 1. The summed E-state index contributed by atoms with van der Waals surface area (Å²) in [5.74, 6) is -3.39. The van der Waals surface area contributed by atoms with Gasteiger partial charge in [0.05, 0.1) is 37.6 Å². The molecule has 9 heteroatoms. The van der Waals surface area contributed by atoms with Gasteiger partial charge in [0.1, 0.15) is 5.92 Å². The van der Waals surface area contributed by atoms with Crippen LogP contribution < -0.4 is 24.5 Å². The predicted molar refractivity (Wildman–Crippen MR) is 123 cm³/mol. The second-order valence-corrected chi connectivity index (χ2v) is 8.06. The van der Waals surface area contributed by atoms with Crippen LogP contribution in [0.4, 0.5) is 11.4 Å². The van der Waals surface area contributed by atoms with Crippen molar-refractivity contribution in [2.45, 2.75) is 12.1 Å². The fourth-order valence-corrected chi connectivity index (χ4v) is 4.76. The normalized spacial score (nSPS) is 21.3. The van der Waals surface area contributed by atoms with Crippen LogP contribution in [0.5, 0.6) is 11.5 Å². The fourth-order valence-electron chi connectivity index (χ4n) is 4.76. The molecule has 2 aliphatic rings. The Hall–Kier alpha value is -4.37. The molecule has 2 heterocycles. The number of hydrogen-bond acceptors (Lipinski definition) is 8. The number of anilines is 2.